The lowest BCUT2D eigenvalue weighted by Crippen LogP contribution is -2.43. The van der Waals surface area contributed by atoms with Gasteiger partial charge in [-0.25, -0.2) is 19.9 Å². The fourth-order valence-corrected chi connectivity index (χ4v) is 4.94. The van der Waals surface area contributed by atoms with E-state index in [1.807, 2.05) is 26.8 Å². The number of benzene rings is 1. The predicted octanol–water partition coefficient (Wildman–Crippen LogP) is 7.12. The Morgan fingerprint density at radius 2 is 1.55 bits per heavy atom. The molecule has 0 radical (unpaired) electrons. The van der Waals surface area contributed by atoms with E-state index in [-0.39, 0.29) is 12.4 Å². The molecule has 5 aromatic rings. The number of imidazole rings is 2. The fraction of sp³-hybridized carbons (Fsp3) is 0.357. The van der Waals surface area contributed by atoms with Crippen LogP contribution >= 0.6 is 15.9 Å². The minimum atomic E-state index is -4.57. The van der Waals surface area contributed by atoms with Gasteiger partial charge in [0.1, 0.15) is 24.0 Å². The molecule has 0 bridgehead atoms. The van der Waals surface area contributed by atoms with Crippen molar-refractivity contribution < 1.29 is 17.9 Å². The highest BCUT2D eigenvalue weighted by Gasteiger charge is 2.35. The number of alkyl halides is 3. The van der Waals surface area contributed by atoms with Crippen LogP contribution in [0, 0.1) is 19.8 Å². The molecule has 0 aliphatic carbocycles. The second-order valence-corrected chi connectivity index (χ2v) is 11.3. The van der Waals surface area contributed by atoms with Crippen molar-refractivity contribution in [1.82, 2.24) is 29.9 Å². The van der Waals surface area contributed by atoms with Gasteiger partial charge in [-0.2, -0.15) is 13.2 Å². The number of aromatic nitrogens is 6. The largest absolute Gasteiger partial charge is 0.491 e. The minimum Gasteiger partial charge on any atom is -0.491 e. The first-order valence-electron chi connectivity index (χ1n) is 12.6. The number of rotatable bonds is 6. The zero-order valence-corrected chi connectivity index (χ0v) is 24.4. The van der Waals surface area contributed by atoms with E-state index < -0.39 is 17.3 Å². The van der Waals surface area contributed by atoms with Gasteiger partial charge in [0.2, 0.25) is 0 Å². The number of aromatic amines is 2. The summed E-state index contributed by atoms with van der Waals surface area (Å²) in [7, 11) is 0. The molecular weight excluding hydrogens is 587 g/mol. The Kier molecular flexibility index (Phi) is 8.50. The summed E-state index contributed by atoms with van der Waals surface area (Å²) >= 11 is 3.40. The molecule has 4 N–H and O–H groups in total. The summed E-state index contributed by atoms with van der Waals surface area (Å²) < 4.78 is 47.8. The third-order valence-corrected chi connectivity index (χ3v) is 6.66. The number of H-pyrrole nitrogens is 2. The molecule has 0 fully saturated rings. The predicted molar refractivity (Wildman–Crippen MR) is 153 cm³/mol. The van der Waals surface area contributed by atoms with E-state index in [1.165, 1.54) is 12.3 Å². The summed E-state index contributed by atoms with van der Waals surface area (Å²) in [6, 6.07) is 7.59. The Hall–Kier alpha value is -3.51. The number of hydrogen-bond acceptors (Lipinski definition) is 6. The van der Waals surface area contributed by atoms with E-state index in [4.69, 9.17) is 10.5 Å². The highest BCUT2D eigenvalue weighted by molar-refractivity contribution is 9.10. The number of nitrogens with two attached hydrogens (primary N) is 1. The summed E-state index contributed by atoms with van der Waals surface area (Å²) in [5.74, 6) is 1.61. The molecule has 0 aliphatic heterocycles. The van der Waals surface area contributed by atoms with Crippen LogP contribution in [0.2, 0.25) is 0 Å². The van der Waals surface area contributed by atoms with E-state index in [9.17, 15) is 13.2 Å². The van der Waals surface area contributed by atoms with Gasteiger partial charge < -0.3 is 20.4 Å². The van der Waals surface area contributed by atoms with Crippen LogP contribution in [0.5, 0.6) is 5.75 Å². The van der Waals surface area contributed by atoms with Crippen LogP contribution in [-0.2, 0) is 6.18 Å². The van der Waals surface area contributed by atoms with E-state index in [0.717, 1.165) is 27.5 Å². The summed E-state index contributed by atoms with van der Waals surface area (Å²) in [4.78, 5) is 22.8. The zero-order chi connectivity index (χ0) is 29.2. The first-order chi connectivity index (χ1) is 18.7. The number of nitrogens with zero attached hydrogens (tertiary/aromatic N) is 4. The second kappa shape index (κ2) is 11.5. The smallest absolute Gasteiger partial charge is 0.419 e. The molecule has 0 unspecified atom stereocenters. The molecule has 1 atom stereocenters. The summed E-state index contributed by atoms with van der Waals surface area (Å²) in [5, 5.41) is 0. The van der Waals surface area contributed by atoms with Crippen molar-refractivity contribution in [2.24, 2.45) is 11.7 Å². The Labute approximate surface area is 238 Å². The standard InChI is InChI=1S/C21H25F3N4O.C7H6BrN3/c1-12(2)10-20(4,25)11-29-17-6-5-14(9-16(17)21(22,23)24)15-7-8-26-19-18(15)27-13(3)28-19;1-4-10-6-5(8)2-3-9-7(6)11-4/h5-9,12H,10-11,25H2,1-4H3,(H,26,27,28);2-3H,1H3,(H,9,10,11)/t20-;/m1./s1. The second-order valence-electron chi connectivity index (χ2n) is 10.4. The summed E-state index contributed by atoms with van der Waals surface area (Å²) in [5.41, 5.74) is 8.40. The number of hydrogen-bond donors (Lipinski definition) is 3. The van der Waals surface area contributed by atoms with Crippen molar-refractivity contribution in [3.63, 3.8) is 0 Å². The van der Waals surface area contributed by atoms with Gasteiger partial charge in [0.25, 0.3) is 0 Å². The normalized spacial score (nSPS) is 13.4. The average Bonchev–Trinajstić information content (AvgIpc) is 3.43. The quantitative estimate of drug-likeness (QED) is 0.187. The molecule has 0 spiro atoms. The molecule has 212 valence electrons. The fourth-order valence-electron chi connectivity index (χ4n) is 4.54. The molecule has 12 heteroatoms. The van der Waals surface area contributed by atoms with Crippen LogP contribution in [0.3, 0.4) is 0 Å². The number of nitrogens with one attached hydrogen (secondary N) is 2. The van der Waals surface area contributed by atoms with Gasteiger partial charge in [0.05, 0.1) is 16.6 Å². The first kappa shape index (κ1) is 29.5. The number of fused-ring (bicyclic) bond motifs is 2. The topological polar surface area (TPSA) is 118 Å². The van der Waals surface area contributed by atoms with Crippen molar-refractivity contribution in [2.45, 2.75) is 52.8 Å². The van der Waals surface area contributed by atoms with Crippen molar-refractivity contribution in [1.29, 1.82) is 0 Å². The first-order valence-corrected chi connectivity index (χ1v) is 13.4. The van der Waals surface area contributed by atoms with Crippen LogP contribution in [0.25, 0.3) is 33.5 Å². The van der Waals surface area contributed by atoms with Crippen LogP contribution in [0.4, 0.5) is 13.2 Å². The third-order valence-electron chi connectivity index (χ3n) is 6.00. The molecule has 1 aromatic carbocycles. The third kappa shape index (κ3) is 6.97. The van der Waals surface area contributed by atoms with Crippen molar-refractivity contribution in [2.75, 3.05) is 6.61 Å². The number of aryl methyl sites for hydroxylation is 2. The number of ether oxygens (including phenoxy) is 1. The lowest BCUT2D eigenvalue weighted by atomic mass is 9.93. The van der Waals surface area contributed by atoms with Crippen LogP contribution in [0.15, 0.2) is 47.2 Å². The zero-order valence-electron chi connectivity index (χ0n) is 22.8. The molecule has 8 nitrogen and oxygen atoms in total. The van der Waals surface area contributed by atoms with E-state index in [0.29, 0.717) is 40.5 Å². The monoisotopic (exact) mass is 617 g/mol. The molecule has 4 heterocycles. The maximum atomic E-state index is 13.7. The number of halogens is 4. The molecule has 0 amide bonds. The summed E-state index contributed by atoms with van der Waals surface area (Å²) in [6.07, 6.45) is -0.668. The Balaban J connectivity index is 0.000000278. The average molecular weight is 619 g/mol. The van der Waals surface area contributed by atoms with Crippen molar-refractivity contribution in [3.8, 4) is 16.9 Å². The molecule has 5 rings (SSSR count). The van der Waals surface area contributed by atoms with Gasteiger partial charge in [0.15, 0.2) is 11.3 Å². The molecule has 40 heavy (non-hydrogen) atoms. The summed E-state index contributed by atoms with van der Waals surface area (Å²) in [6.45, 7) is 9.47. The van der Waals surface area contributed by atoms with Gasteiger partial charge >= 0.3 is 6.18 Å². The van der Waals surface area contributed by atoms with Crippen LogP contribution in [0.1, 0.15) is 44.4 Å². The van der Waals surface area contributed by atoms with E-state index in [2.05, 4.69) is 45.8 Å². The lowest BCUT2D eigenvalue weighted by molar-refractivity contribution is -0.139. The van der Waals surface area contributed by atoms with Gasteiger partial charge in [-0.05, 0) is 78.9 Å². The SMILES string of the molecule is Cc1nc2nccc(-c3ccc(OC[C@](C)(N)CC(C)C)c(C(F)(F)F)c3)c2[nH]1.Cc1nc2nccc(Br)c2[nH]1. The highest BCUT2D eigenvalue weighted by atomic mass is 79.9. The van der Waals surface area contributed by atoms with Crippen molar-refractivity contribution >= 4 is 38.3 Å². The number of pyridine rings is 2. The Morgan fingerprint density at radius 1 is 0.950 bits per heavy atom. The maximum Gasteiger partial charge on any atom is 0.419 e. The van der Waals surface area contributed by atoms with Gasteiger partial charge in [-0.3, -0.25) is 0 Å². The highest BCUT2D eigenvalue weighted by Crippen LogP contribution is 2.40. The van der Waals surface area contributed by atoms with Gasteiger partial charge in [0, 0.05) is 28.0 Å². The van der Waals surface area contributed by atoms with Gasteiger partial charge in [-0.1, -0.05) is 19.9 Å². The van der Waals surface area contributed by atoms with E-state index in [1.54, 1.807) is 32.2 Å². The Bertz CT molecular complexity index is 1630. The Morgan fingerprint density at radius 3 is 2.15 bits per heavy atom. The van der Waals surface area contributed by atoms with Gasteiger partial charge in [-0.15, -0.1) is 0 Å². The van der Waals surface area contributed by atoms with Crippen LogP contribution in [-0.4, -0.2) is 42.0 Å². The van der Waals surface area contributed by atoms with Crippen LogP contribution < -0.4 is 10.5 Å². The lowest BCUT2D eigenvalue weighted by Gasteiger charge is -2.27. The minimum absolute atomic E-state index is 0.00709. The van der Waals surface area contributed by atoms with Crippen molar-refractivity contribution in [3.05, 3.63) is 64.4 Å². The molecule has 0 aliphatic rings. The molecular formula is C28H31BrF3N7O. The molecule has 0 saturated heterocycles. The molecule has 4 aromatic heterocycles. The van der Waals surface area contributed by atoms with E-state index >= 15 is 0 Å². The molecule has 0 saturated carbocycles. The maximum absolute atomic E-state index is 13.7.